The minimum absolute atomic E-state index is 0.0626. The zero-order valence-electron chi connectivity index (χ0n) is 15.9. The number of likely N-dealkylation sites (N-methyl/N-ethyl adjacent to an activating group) is 1. The second-order valence-electron chi connectivity index (χ2n) is 7.17. The molecular formula is C20H31N3O2. The van der Waals surface area contributed by atoms with Crippen molar-refractivity contribution >= 4 is 11.8 Å². The molecule has 1 aromatic rings. The van der Waals surface area contributed by atoms with Gasteiger partial charge in [0.1, 0.15) is 0 Å². The van der Waals surface area contributed by atoms with Crippen molar-refractivity contribution in [3.05, 3.63) is 35.4 Å². The van der Waals surface area contributed by atoms with E-state index >= 15 is 0 Å². The number of aryl methyl sites for hydroxylation is 1. The lowest BCUT2D eigenvalue weighted by atomic mass is 9.96. The Kier molecular flexibility index (Phi) is 7.00. The third kappa shape index (κ3) is 5.30. The number of piperidine rings is 1. The van der Waals surface area contributed by atoms with E-state index in [-0.39, 0.29) is 23.8 Å². The Bertz CT molecular complexity index is 583. The summed E-state index contributed by atoms with van der Waals surface area (Å²) in [6, 6.07) is 8.58. The summed E-state index contributed by atoms with van der Waals surface area (Å²) in [6.07, 6.45) is 2.26. The molecule has 0 saturated carbocycles. The molecule has 1 saturated heterocycles. The van der Waals surface area contributed by atoms with Crippen LogP contribution in [0.2, 0.25) is 0 Å². The number of nitrogens with one attached hydrogen (secondary N) is 1. The highest BCUT2D eigenvalue weighted by atomic mass is 16.2. The first-order chi connectivity index (χ1) is 11.9. The van der Waals surface area contributed by atoms with Gasteiger partial charge in [0.25, 0.3) is 0 Å². The molecule has 0 spiro atoms. The number of nitrogens with zero attached hydrogens (tertiary/aromatic N) is 2. The van der Waals surface area contributed by atoms with E-state index in [2.05, 4.69) is 41.4 Å². The fraction of sp³-hybridized carbons (Fsp3) is 0.600. The van der Waals surface area contributed by atoms with Gasteiger partial charge < -0.3 is 15.1 Å². The maximum absolute atomic E-state index is 12.6. The summed E-state index contributed by atoms with van der Waals surface area (Å²) in [5, 5.41) is 3.11. The molecule has 0 unspecified atom stereocenters. The van der Waals surface area contributed by atoms with Gasteiger partial charge in [0.15, 0.2) is 0 Å². The zero-order valence-corrected chi connectivity index (χ0v) is 15.9. The molecule has 2 atom stereocenters. The number of hydrogen-bond donors (Lipinski definition) is 1. The number of carbonyl (C=O) groups excluding carboxylic acids is 2. The van der Waals surface area contributed by atoms with Crippen molar-refractivity contribution in [3.63, 3.8) is 0 Å². The smallest absolute Gasteiger partial charge is 0.224 e. The molecule has 0 aromatic heterocycles. The molecule has 1 N–H and O–H groups in total. The molecule has 0 bridgehead atoms. The average molecular weight is 345 g/mol. The van der Waals surface area contributed by atoms with E-state index in [4.69, 9.17) is 0 Å². The van der Waals surface area contributed by atoms with Crippen molar-refractivity contribution < 1.29 is 9.59 Å². The first-order valence-electron chi connectivity index (χ1n) is 9.20. The van der Waals surface area contributed by atoms with Crippen LogP contribution in [0.1, 0.15) is 43.4 Å². The summed E-state index contributed by atoms with van der Waals surface area (Å²) in [5.74, 6) is 0.112. The average Bonchev–Trinajstić information content (AvgIpc) is 2.62. The molecule has 1 aliphatic rings. The van der Waals surface area contributed by atoms with Crippen LogP contribution in [-0.4, -0.2) is 55.3 Å². The Morgan fingerprint density at radius 2 is 1.96 bits per heavy atom. The van der Waals surface area contributed by atoms with Gasteiger partial charge in [-0.25, -0.2) is 0 Å². The van der Waals surface area contributed by atoms with Gasteiger partial charge in [0.05, 0.1) is 12.0 Å². The van der Waals surface area contributed by atoms with Crippen LogP contribution in [0.15, 0.2) is 24.3 Å². The van der Waals surface area contributed by atoms with Crippen LogP contribution in [0.5, 0.6) is 0 Å². The lowest BCUT2D eigenvalue weighted by molar-refractivity contribution is -0.135. The molecule has 2 rings (SSSR count). The number of rotatable bonds is 6. The van der Waals surface area contributed by atoms with Crippen molar-refractivity contribution in [1.29, 1.82) is 0 Å². The highest BCUT2D eigenvalue weighted by Crippen LogP contribution is 2.20. The Hall–Kier alpha value is -1.88. The number of likely N-dealkylation sites (tertiary alicyclic amines) is 1. The van der Waals surface area contributed by atoms with Crippen molar-refractivity contribution in [2.45, 2.75) is 39.2 Å². The van der Waals surface area contributed by atoms with Crippen molar-refractivity contribution in [1.82, 2.24) is 15.1 Å². The highest BCUT2D eigenvalue weighted by Gasteiger charge is 2.28. The minimum Gasteiger partial charge on any atom is -0.354 e. The van der Waals surface area contributed by atoms with Crippen molar-refractivity contribution in [2.75, 3.05) is 33.7 Å². The van der Waals surface area contributed by atoms with E-state index < -0.39 is 0 Å². The first-order valence-corrected chi connectivity index (χ1v) is 9.20. The summed E-state index contributed by atoms with van der Waals surface area (Å²) in [6.45, 7) is 5.85. The SMILES string of the molecule is CCC(=O)N1CCC[C@@H](C(=O)NC[C@@H](c2ccc(C)cc2)N(C)C)C1. The fourth-order valence-electron chi connectivity index (χ4n) is 3.37. The number of benzene rings is 1. The summed E-state index contributed by atoms with van der Waals surface area (Å²) in [7, 11) is 4.05. The van der Waals surface area contributed by atoms with E-state index in [1.54, 1.807) is 0 Å². The second kappa shape index (κ2) is 8.99. The molecule has 5 heteroatoms. The van der Waals surface area contributed by atoms with Gasteiger partial charge in [-0.1, -0.05) is 36.8 Å². The Labute approximate surface area is 151 Å². The number of carbonyl (C=O) groups is 2. The van der Waals surface area contributed by atoms with Gasteiger partial charge in [-0.05, 0) is 39.4 Å². The number of hydrogen-bond acceptors (Lipinski definition) is 3. The lowest BCUT2D eigenvalue weighted by Gasteiger charge is -2.32. The van der Waals surface area contributed by atoms with E-state index in [0.29, 0.717) is 19.5 Å². The van der Waals surface area contributed by atoms with Gasteiger partial charge in [-0.15, -0.1) is 0 Å². The molecule has 2 amide bonds. The third-order valence-electron chi connectivity index (χ3n) is 5.00. The maximum Gasteiger partial charge on any atom is 0.224 e. The summed E-state index contributed by atoms with van der Waals surface area (Å²) < 4.78 is 0. The molecule has 1 heterocycles. The molecular weight excluding hydrogens is 314 g/mol. The van der Waals surface area contributed by atoms with E-state index in [9.17, 15) is 9.59 Å². The van der Waals surface area contributed by atoms with Crippen LogP contribution in [0.25, 0.3) is 0 Å². The topological polar surface area (TPSA) is 52.7 Å². The molecule has 0 radical (unpaired) electrons. The van der Waals surface area contributed by atoms with Crippen LogP contribution in [-0.2, 0) is 9.59 Å². The molecule has 138 valence electrons. The molecule has 1 aliphatic heterocycles. The minimum atomic E-state index is -0.0925. The van der Waals surface area contributed by atoms with Gasteiger partial charge in [0.2, 0.25) is 11.8 Å². The molecule has 1 fully saturated rings. The highest BCUT2D eigenvalue weighted by molar-refractivity contribution is 5.81. The lowest BCUT2D eigenvalue weighted by Crippen LogP contribution is -2.46. The second-order valence-corrected chi connectivity index (χ2v) is 7.17. The molecule has 0 aliphatic carbocycles. The predicted molar refractivity (Wildman–Crippen MR) is 100 cm³/mol. The molecule has 5 nitrogen and oxygen atoms in total. The van der Waals surface area contributed by atoms with Crippen LogP contribution in [0.3, 0.4) is 0 Å². The van der Waals surface area contributed by atoms with E-state index in [1.807, 2.05) is 25.9 Å². The van der Waals surface area contributed by atoms with Crippen molar-refractivity contribution in [2.24, 2.45) is 5.92 Å². The van der Waals surface area contributed by atoms with Crippen LogP contribution in [0, 0.1) is 12.8 Å². The molecule has 25 heavy (non-hydrogen) atoms. The zero-order chi connectivity index (χ0) is 18.4. The van der Waals surface area contributed by atoms with Crippen LogP contribution >= 0.6 is 0 Å². The Balaban J connectivity index is 1.94. The fourth-order valence-corrected chi connectivity index (χ4v) is 3.37. The summed E-state index contributed by atoms with van der Waals surface area (Å²) in [4.78, 5) is 28.4. The van der Waals surface area contributed by atoms with Crippen LogP contribution in [0.4, 0.5) is 0 Å². The van der Waals surface area contributed by atoms with Gasteiger partial charge in [-0.2, -0.15) is 0 Å². The van der Waals surface area contributed by atoms with Gasteiger partial charge >= 0.3 is 0 Å². The van der Waals surface area contributed by atoms with Crippen molar-refractivity contribution in [3.8, 4) is 0 Å². The maximum atomic E-state index is 12.6. The van der Waals surface area contributed by atoms with E-state index in [1.165, 1.54) is 11.1 Å². The first kappa shape index (κ1) is 19.4. The van der Waals surface area contributed by atoms with Gasteiger partial charge in [0, 0.05) is 26.1 Å². The standard InChI is InChI=1S/C20H31N3O2/c1-5-19(24)23-12-6-7-17(14-23)20(25)21-13-18(22(3)4)16-10-8-15(2)9-11-16/h8-11,17-18H,5-7,12-14H2,1-4H3,(H,21,25)/t17-,18+/m1/s1. The Morgan fingerprint density at radius 1 is 1.28 bits per heavy atom. The monoisotopic (exact) mass is 345 g/mol. The largest absolute Gasteiger partial charge is 0.354 e. The number of amides is 2. The normalized spacial score (nSPS) is 18.9. The summed E-state index contributed by atoms with van der Waals surface area (Å²) >= 11 is 0. The quantitative estimate of drug-likeness (QED) is 0.861. The molecule has 1 aromatic carbocycles. The van der Waals surface area contributed by atoms with Gasteiger partial charge in [-0.3, -0.25) is 9.59 Å². The summed E-state index contributed by atoms with van der Waals surface area (Å²) in [5.41, 5.74) is 2.43. The predicted octanol–water partition coefficient (Wildman–Crippen LogP) is 2.36. The third-order valence-corrected chi connectivity index (χ3v) is 5.00. The Morgan fingerprint density at radius 3 is 2.56 bits per heavy atom. The van der Waals surface area contributed by atoms with E-state index in [0.717, 1.165) is 19.4 Å². The van der Waals surface area contributed by atoms with Crippen LogP contribution < -0.4 is 5.32 Å².